The predicted octanol–water partition coefficient (Wildman–Crippen LogP) is 3.77. The lowest BCUT2D eigenvalue weighted by molar-refractivity contribution is -0.126. The lowest BCUT2D eigenvalue weighted by atomic mass is 9.92. The maximum absolute atomic E-state index is 13.2. The van der Waals surface area contributed by atoms with Gasteiger partial charge >= 0.3 is 0 Å². The molecule has 1 unspecified atom stereocenters. The highest BCUT2D eigenvalue weighted by Gasteiger charge is 2.34. The number of carbonyl (C=O) groups is 1. The summed E-state index contributed by atoms with van der Waals surface area (Å²) in [5.41, 5.74) is 5.01. The largest absolute Gasteiger partial charge is 0.349 e. The average Bonchev–Trinajstić information content (AvgIpc) is 3.21. The molecule has 1 amide bonds. The van der Waals surface area contributed by atoms with Gasteiger partial charge in [-0.1, -0.05) is 30.3 Å². The van der Waals surface area contributed by atoms with Crippen molar-refractivity contribution in [2.45, 2.75) is 62.3 Å². The number of amides is 1. The number of sulfonamides is 1. The zero-order valence-corrected chi connectivity index (χ0v) is 18.7. The van der Waals surface area contributed by atoms with Crippen molar-refractivity contribution in [1.82, 2.24) is 9.62 Å². The van der Waals surface area contributed by atoms with Crippen LogP contribution in [0, 0.1) is 5.92 Å². The Morgan fingerprint density at radius 2 is 1.61 bits per heavy atom. The van der Waals surface area contributed by atoms with Gasteiger partial charge in [0.15, 0.2) is 0 Å². The molecule has 5 rings (SSSR count). The van der Waals surface area contributed by atoms with E-state index in [2.05, 4.69) is 17.4 Å². The summed E-state index contributed by atoms with van der Waals surface area (Å²) < 4.78 is 27.9. The summed E-state index contributed by atoms with van der Waals surface area (Å²) in [7, 11) is -3.51. The molecule has 164 valence electrons. The van der Waals surface area contributed by atoms with Gasteiger partial charge in [-0.2, -0.15) is 4.31 Å². The Hall–Kier alpha value is -2.18. The van der Waals surface area contributed by atoms with Gasteiger partial charge in [-0.15, -0.1) is 0 Å². The minimum absolute atomic E-state index is 0.0625. The minimum atomic E-state index is -3.51. The first kappa shape index (κ1) is 20.7. The van der Waals surface area contributed by atoms with Crippen LogP contribution < -0.4 is 5.32 Å². The van der Waals surface area contributed by atoms with Crippen LogP contribution in [0.15, 0.2) is 47.4 Å². The Morgan fingerprint density at radius 1 is 0.871 bits per heavy atom. The minimum Gasteiger partial charge on any atom is -0.349 e. The number of hydrogen-bond acceptors (Lipinski definition) is 3. The van der Waals surface area contributed by atoms with Crippen molar-refractivity contribution >= 4 is 15.9 Å². The van der Waals surface area contributed by atoms with E-state index in [0.717, 1.165) is 32.1 Å². The SMILES string of the molecule is O=C(NC1CCc2ccccc21)C1CCN(S(=O)(=O)c2ccc3c(c2)CCCC3)CC1. The topological polar surface area (TPSA) is 66.5 Å². The van der Waals surface area contributed by atoms with Gasteiger partial charge in [0.25, 0.3) is 0 Å². The number of nitrogens with one attached hydrogen (secondary N) is 1. The third kappa shape index (κ3) is 4.03. The summed E-state index contributed by atoms with van der Waals surface area (Å²) in [6, 6.07) is 14.0. The fourth-order valence-electron chi connectivity index (χ4n) is 5.37. The first-order valence-electron chi connectivity index (χ1n) is 11.5. The molecule has 1 saturated heterocycles. The smallest absolute Gasteiger partial charge is 0.243 e. The third-order valence-electron chi connectivity index (χ3n) is 7.23. The first-order chi connectivity index (χ1) is 15.0. The number of carbonyl (C=O) groups excluding carboxylic acids is 1. The zero-order chi connectivity index (χ0) is 21.4. The van der Waals surface area contributed by atoms with E-state index in [1.54, 1.807) is 10.4 Å². The van der Waals surface area contributed by atoms with Crippen LogP contribution in [0.3, 0.4) is 0 Å². The molecule has 31 heavy (non-hydrogen) atoms. The Kier molecular flexibility index (Phi) is 5.61. The lowest BCUT2D eigenvalue weighted by Crippen LogP contribution is -2.43. The summed E-state index contributed by atoms with van der Waals surface area (Å²) in [6.07, 6.45) is 7.40. The molecule has 5 nitrogen and oxygen atoms in total. The second-order valence-electron chi connectivity index (χ2n) is 9.11. The number of fused-ring (bicyclic) bond motifs is 2. The van der Waals surface area contributed by atoms with Crippen LogP contribution in [-0.4, -0.2) is 31.7 Å². The van der Waals surface area contributed by atoms with Gasteiger partial charge in [0.2, 0.25) is 15.9 Å². The number of piperidine rings is 1. The van der Waals surface area contributed by atoms with Crippen LogP contribution in [-0.2, 0) is 34.1 Å². The van der Waals surface area contributed by atoms with E-state index in [4.69, 9.17) is 0 Å². The van der Waals surface area contributed by atoms with E-state index >= 15 is 0 Å². The Labute approximate surface area is 184 Å². The molecule has 0 radical (unpaired) electrons. The summed E-state index contributed by atoms with van der Waals surface area (Å²) in [6.45, 7) is 0.803. The van der Waals surface area contributed by atoms with Gasteiger partial charge in [0.1, 0.15) is 0 Å². The lowest BCUT2D eigenvalue weighted by Gasteiger charge is -2.31. The fourth-order valence-corrected chi connectivity index (χ4v) is 6.90. The normalized spacial score (nSPS) is 22.0. The molecule has 1 N–H and O–H groups in total. The number of hydrogen-bond donors (Lipinski definition) is 1. The number of benzene rings is 2. The molecular formula is C25H30N2O3S. The van der Waals surface area contributed by atoms with Gasteiger partial charge in [0, 0.05) is 19.0 Å². The molecule has 0 aromatic heterocycles. The predicted molar refractivity (Wildman–Crippen MR) is 120 cm³/mol. The van der Waals surface area contributed by atoms with Crippen molar-refractivity contribution in [3.05, 3.63) is 64.7 Å². The van der Waals surface area contributed by atoms with Gasteiger partial charge in [0.05, 0.1) is 10.9 Å². The van der Waals surface area contributed by atoms with Crippen molar-refractivity contribution < 1.29 is 13.2 Å². The molecule has 2 aromatic rings. The van der Waals surface area contributed by atoms with Crippen molar-refractivity contribution in [3.8, 4) is 0 Å². The van der Waals surface area contributed by atoms with E-state index < -0.39 is 10.0 Å². The average molecular weight is 439 g/mol. The van der Waals surface area contributed by atoms with Crippen LogP contribution in [0.25, 0.3) is 0 Å². The van der Waals surface area contributed by atoms with E-state index in [0.29, 0.717) is 30.8 Å². The fraction of sp³-hybridized carbons (Fsp3) is 0.480. The number of rotatable bonds is 4. The van der Waals surface area contributed by atoms with Crippen LogP contribution in [0.1, 0.15) is 60.4 Å². The highest BCUT2D eigenvalue weighted by Crippen LogP contribution is 2.32. The molecule has 1 aliphatic heterocycles. The molecule has 2 aliphatic carbocycles. The molecule has 0 bridgehead atoms. The second kappa shape index (κ2) is 8.40. The standard InChI is InChI=1S/C25H30N2O3S/c28-25(26-24-12-10-19-6-3-4-8-23(19)24)20-13-15-27(16-14-20)31(29,30)22-11-9-18-5-1-2-7-21(18)17-22/h3-4,6,8-9,11,17,20,24H,1-2,5,7,10,12-16H2,(H,26,28). The van der Waals surface area contributed by atoms with Crippen molar-refractivity contribution in [2.24, 2.45) is 5.92 Å². The quantitative estimate of drug-likeness (QED) is 0.790. The molecule has 0 spiro atoms. The van der Waals surface area contributed by atoms with Gasteiger partial charge < -0.3 is 5.32 Å². The van der Waals surface area contributed by atoms with Gasteiger partial charge in [-0.05, 0) is 85.8 Å². The number of nitrogens with zero attached hydrogens (tertiary/aromatic N) is 1. The summed E-state index contributed by atoms with van der Waals surface area (Å²) in [5, 5.41) is 3.22. The Morgan fingerprint density at radius 3 is 2.42 bits per heavy atom. The number of aryl methyl sites for hydroxylation is 3. The van der Waals surface area contributed by atoms with Crippen LogP contribution >= 0.6 is 0 Å². The summed E-state index contributed by atoms with van der Waals surface area (Å²) >= 11 is 0. The van der Waals surface area contributed by atoms with Gasteiger partial charge in [-0.3, -0.25) is 4.79 Å². The maximum atomic E-state index is 13.2. The molecule has 0 saturated carbocycles. The van der Waals surface area contributed by atoms with E-state index in [9.17, 15) is 13.2 Å². The van der Waals surface area contributed by atoms with E-state index in [1.165, 1.54) is 28.7 Å². The van der Waals surface area contributed by atoms with Crippen LogP contribution in [0.4, 0.5) is 0 Å². The first-order valence-corrected chi connectivity index (χ1v) is 13.0. The maximum Gasteiger partial charge on any atom is 0.243 e. The molecule has 3 aliphatic rings. The summed E-state index contributed by atoms with van der Waals surface area (Å²) in [5.74, 6) is -0.0599. The molecule has 1 heterocycles. The third-order valence-corrected chi connectivity index (χ3v) is 9.13. The van der Waals surface area contributed by atoms with Crippen LogP contribution in [0.2, 0.25) is 0 Å². The molecule has 1 atom stereocenters. The Balaban J connectivity index is 1.21. The Bertz CT molecular complexity index is 1090. The van der Waals surface area contributed by atoms with Crippen molar-refractivity contribution in [2.75, 3.05) is 13.1 Å². The van der Waals surface area contributed by atoms with Crippen molar-refractivity contribution in [1.29, 1.82) is 0 Å². The van der Waals surface area contributed by atoms with Gasteiger partial charge in [-0.25, -0.2) is 8.42 Å². The highest BCUT2D eigenvalue weighted by atomic mass is 32.2. The highest BCUT2D eigenvalue weighted by molar-refractivity contribution is 7.89. The van der Waals surface area contributed by atoms with E-state index in [-0.39, 0.29) is 17.9 Å². The molecular weight excluding hydrogens is 408 g/mol. The molecule has 6 heteroatoms. The molecule has 1 fully saturated rings. The monoisotopic (exact) mass is 438 g/mol. The second-order valence-corrected chi connectivity index (χ2v) is 11.1. The van der Waals surface area contributed by atoms with Crippen LogP contribution in [0.5, 0.6) is 0 Å². The molecule has 2 aromatic carbocycles. The zero-order valence-electron chi connectivity index (χ0n) is 17.8. The summed E-state index contributed by atoms with van der Waals surface area (Å²) in [4.78, 5) is 13.3. The van der Waals surface area contributed by atoms with Crippen molar-refractivity contribution in [3.63, 3.8) is 0 Å². The van der Waals surface area contributed by atoms with E-state index in [1.807, 2.05) is 24.3 Å².